The lowest BCUT2D eigenvalue weighted by Crippen LogP contribution is -2.00. The summed E-state index contributed by atoms with van der Waals surface area (Å²) >= 11 is 5.90. The second kappa shape index (κ2) is 7.06. The Kier molecular flexibility index (Phi) is 4.80. The van der Waals surface area contributed by atoms with Crippen molar-refractivity contribution in [2.45, 2.75) is 13.8 Å². The Hall–Kier alpha value is -3.43. The molecule has 0 bridgehead atoms. The lowest BCUT2D eigenvalue weighted by Gasteiger charge is -2.11. The first kappa shape index (κ1) is 18.4. The summed E-state index contributed by atoms with van der Waals surface area (Å²) in [7, 11) is 0. The molecule has 7 heteroatoms. The van der Waals surface area contributed by atoms with E-state index in [1.807, 2.05) is 38.1 Å². The number of hydrogen-bond acceptors (Lipinski definition) is 5. The van der Waals surface area contributed by atoms with E-state index in [0.29, 0.717) is 16.8 Å². The number of anilines is 1. The Morgan fingerprint density at radius 1 is 1.11 bits per heavy atom. The minimum atomic E-state index is -0.563. The maximum Gasteiger partial charge on any atom is 0.288 e. The number of nitrogen functional groups attached to an aromatic ring is 1. The second-order valence-corrected chi connectivity index (χ2v) is 6.56. The van der Waals surface area contributed by atoms with Crippen LogP contribution < -0.4 is 5.73 Å². The zero-order valence-electron chi connectivity index (χ0n) is 14.7. The summed E-state index contributed by atoms with van der Waals surface area (Å²) in [5, 5.41) is 20.7. The van der Waals surface area contributed by atoms with Gasteiger partial charge in [-0.2, -0.15) is 5.26 Å². The molecule has 2 N–H and O–H groups in total. The van der Waals surface area contributed by atoms with E-state index < -0.39 is 4.92 Å². The lowest BCUT2D eigenvalue weighted by atomic mass is 9.97. The van der Waals surface area contributed by atoms with E-state index in [9.17, 15) is 15.4 Å². The fourth-order valence-electron chi connectivity index (χ4n) is 2.78. The molecule has 3 aromatic rings. The summed E-state index contributed by atoms with van der Waals surface area (Å²) in [6.45, 7) is 4.01. The molecule has 2 aromatic carbocycles. The zero-order chi connectivity index (χ0) is 19.7. The monoisotopic (exact) mass is 378 g/mol. The minimum absolute atomic E-state index is 0.0265. The standard InChI is InChI=1S/C20H15ClN4O2/c1-11-3-4-14(7-12(11)2)18-9-15(16(10-22)20(23)24-18)13-5-6-17(21)19(8-13)25(26)27/h3-9H,1-2H3,(H2,23,24). The number of pyridine rings is 1. The predicted molar refractivity (Wildman–Crippen MR) is 105 cm³/mol. The first-order chi connectivity index (χ1) is 12.8. The van der Waals surface area contributed by atoms with Gasteiger partial charge in [0, 0.05) is 17.2 Å². The average Bonchev–Trinajstić information content (AvgIpc) is 2.63. The van der Waals surface area contributed by atoms with Gasteiger partial charge in [0.1, 0.15) is 22.5 Å². The second-order valence-electron chi connectivity index (χ2n) is 6.15. The molecule has 0 amide bonds. The first-order valence-electron chi connectivity index (χ1n) is 8.04. The van der Waals surface area contributed by atoms with Gasteiger partial charge < -0.3 is 5.73 Å². The number of nitriles is 1. The molecule has 0 saturated heterocycles. The molecule has 134 valence electrons. The van der Waals surface area contributed by atoms with E-state index >= 15 is 0 Å². The van der Waals surface area contributed by atoms with Gasteiger partial charge in [-0.05, 0) is 48.7 Å². The maximum atomic E-state index is 11.2. The summed E-state index contributed by atoms with van der Waals surface area (Å²) in [6, 6.07) is 14.0. The van der Waals surface area contributed by atoms with Gasteiger partial charge >= 0.3 is 0 Å². The highest BCUT2D eigenvalue weighted by atomic mass is 35.5. The molecule has 0 unspecified atom stereocenters. The van der Waals surface area contributed by atoms with Crippen LogP contribution in [-0.2, 0) is 0 Å². The molecule has 0 radical (unpaired) electrons. The number of halogens is 1. The SMILES string of the molecule is Cc1ccc(-c2cc(-c3ccc(Cl)c([N+](=O)[O-])c3)c(C#N)c(N)n2)cc1C. The van der Waals surface area contributed by atoms with E-state index in [4.69, 9.17) is 17.3 Å². The van der Waals surface area contributed by atoms with Crippen LogP contribution in [0.25, 0.3) is 22.4 Å². The Labute approximate surface area is 161 Å². The van der Waals surface area contributed by atoms with E-state index in [1.165, 1.54) is 12.1 Å². The molecule has 0 aliphatic rings. The molecule has 0 fully saturated rings. The molecular weight excluding hydrogens is 364 g/mol. The number of nitrogens with two attached hydrogens (primary N) is 1. The van der Waals surface area contributed by atoms with Gasteiger partial charge in [-0.3, -0.25) is 10.1 Å². The van der Waals surface area contributed by atoms with Crippen LogP contribution in [0.5, 0.6) is 0 Å². The van der Waals surface area contributed by atoms with E-state index in [1.54, 1.807) is 12.1 Å². The Bertz CT molecular complexity index is 1120. The fraction of sp³-hybridized carbons (Fsp3) is 0.100. The van der Waals surface area contributed by atoms with Crippen molar-refractivity contribution in [2.24, 2.45) is 0 Å². The summed E-state index contributed by atoms with van der Waals surface area (Å²) in [5.74, 6) is 0.0702. The fourth-order valence-corrected chi connectivity index (χ4v) is 2.97. The summed E-state index contributed by atoms with van der Waals surface area (Å²) in [5.41, 5.74) is 10.6. The number of rotatable bonds is 3. The summed E-state index contributed by atoms with van der Waals surface area (Å²) in [6.07, 6.45) is 0. The smallest absolute Gasteiger partial charge is 0.288 e. The normalized spacial score (nSPS) is 10.4. The van der Waals surface area contributed by atoms with Gasteiger partial charge in [0.05, 0.1) is 10.6 Å². The van der Waals surface area contributed by atoms with E-state index in [2.05, 4.69) is 4.98 Å². The first-order valence-corrected chi connectivity index (χ1v) is 8.42. The van der Waals surface area contributed by atoms with Gasteiger partial charge in [-0.25, -0.2) is 4.98 Å². The quantitative estimate of drug-likeness (QED) is 0.507. The number of hydrogen-bond donors (Lipinski definition) is 1. The van der Waals surface area contributed by atoms with Crippen molar-refractivity contribution in [1.29, 1.82) is 5.26 Å². The number of aryl methyl sites for hydroxylation is 2. The number of nitro groups is 1. The lowest BCUT2D eigenvalue weighted by molar-refractivity contribution is -0.384. The third-order valence-corrected chi connectivity index (χ3v) is 4.74. The highest BCUT2D eigenvalue weighted by Crippen LogP contribution is 2.35. The Morgan fingerprint density at radius 2 is 1.81 bits per heavy atom. The van der Waals surface area contributed by atoms with Crippen molar-refractivity contribution in [3.63, 3.8) is 0 Å². The van der Waals surface area contributed by atoms with Gasteiger partial charge in [-0.1, -0.05) is 29.8 Å². The molecule has 1 heterocycles. The topological polar surface area (TPSA) is 106 Å². The van der Waals surface area contributed by atoms with Crippen LogP contribution in [0, 0.1) is 35.3 Å². The van der Waals surface area contributed by atoms with Gasteiger partial charge in [0.15, 0.2) is 0 Å². The highest BCUT2D eigenvalue weighted by molar-refractivity contribution is 6.32. The van der Waals surface area contributed by atoms with E-state index in [0.717, 1.165) is 16.7 Å². The van der Waals surface area contributed by atoms with Crippen molar-refractivity contribution in [3.05, 3.63) is 74.3 Å². The van der Waals surface area contributed by atoms with Crippen LogP contribution in [0.1, 0.15) is 16.7 Å². The Balaban J connectivity index is 2.25. The number of nitrogens with zero attached hydrogens (tertiary/aromatic N) is 3. The van der Waals surface area contributed by atoms with Crippen LogP contribution in [0.15, 0.2) is 42.5 Å². The predicted octanol–water partition coefficient (Wildman–Crippen LogP) is 5.05. The average molecular weight is 379 g/mol. The van der Waals surface area contributed by atoms with Crippen LogP contribution in [-0.4, -0.2) is 9.91 Å². The van der Waals surface area contributed by atoms with Crippen molar-refractivity contribution in [1.82, 2.24) is 4.98 Å². The van der Waals surface area contributed by atoms with E-state index in [-0.39, 0.29) is 22.1 Å². The molecule has 27 heavy (non-hydrogen) atoms. The molecule has 0 saturated carbocycles. The highest BCUT2D eigenvalue weighted by Gasteiger charge is 2.18. The molecule has 0 spiro atoms. The van der Waals surface area contributed by atoms with Crippen LogP contribution in [0.4, 0.5) is 11.5 Å². The molecule has 0 atom stereocenters. The van der Waals surface area contributed by atoms with Crippen molar-refractivity contribution >= 4 is 23.1 Å². The molecule has 0 aliphatic carbocycles. The van der Waals surface area contributed by atoms with Crippen molar-refractivity contribution in [2.75, 3.05) is 5.73 Å². The molecule has 6 nitrogen and oxygen atoms in total. The summed E-state index contributed by atoms with van der Waals surface area (Å²) < 4.78 is 0. The number of nitro benzene ring substituents is 1. The van der Waals surface area contributed by atoms with Gasteiger partial charge in [0.25, 0.3) is 5.69 Å². The van der Waals surface area contributed by atoms with Gasteiger partial charge in [0.2, 0.25) is 0 Å². The molecule has 1 aromatic heterocycles. The Morgan fingerprint density at radius 3 is 2.44 bits per heavy atom. The maximum absolute atomic E-state index is 11.2. The summed E-state index contributed by atoms with van der Waals surface area (Å²) in [4.78, 5) is 15.0. The van der Waals surface area contributed by atoms with Crippen molar-refractivity contribution < 1.29 is 4.92 Å². The molecule has 0 aliphatic heterocycles. The van der Waals surface area contributed by atoms with Crippen molar-refractivity contribution in [3.8, 4) is 28.5 Å². The van der Waals surface area contributed by atoms with Crippen LogP contribution >= 0.6 is 11.6 Å². The number of benzene rings is 2. The third-order valence-electron chi connectivity index (χ3n) is 4.42. The van der Waals surface area contributed by atoms with Crippen LogP contribution in [0.2, 0.25) is 5.02 Å². The largest absolute Gasteiger partial charge is 0.383 e. The third kappa shape index (κ3) is 3.46. The van der Waals surface area contributed by atoms with Crippen LogP contribution in [0.3, 0.4) is 0 Å². The zero-order valence-corrected chi connectivity index (χ0v) is 15.4. The number of aromatic nitrogens is 1. The van der Waals surface area contributed by atoms with Gasteiger partial charge in [-0.15, -0.1) is 0 Å². The molecular formula is C20H15ClN4O2. The molecule has 3 rings (SSSR count). The minimum Gasteiger partial charge on any atom is -0.383 e.